The molecule has 0 atom stereocenters. The smallest absolute Gasteiger partial charge is 0.0835 e. The van der Waals surface area contributed by atoms with Crippen molar-refractivity contribution in [2.45, 2.75) is 25.0 Å². The van der Waals surface area contributed by atoms with Gasteiger partial charge in [0.2, 0.25) is 0 Å². The second-order valence-electron chi connectivity index (χ2n) is 3.89. The van der Waals surface area contributed by atoms with Gasteiger partial charge >= 0.3 is 0 Å². The minimum Gasteiger partial charge on any atom is -0.381 e. The Labute approximate surface area is 113 Å². The summed E-state index contributed by atoms with van der Waals surface area (Å²) in [5.74, 6) is 0. The van der Waals surface area contributed by atoms with Gasteiger partial charge in [0.1, 0.15) is 0 Å². The van der Waals surface area contributed by atoms with Crippen molar-refractivity contribution in [1.29, 1.82) is 0 Å². The maximum absolute atomic E-state index is 6.14. The summed E-state index contributed by atoms with van der Waals surface area (Å²) in [6.45, 7) is 0. The zero-order valence-electron chi connectivity index (χ0n) is 8.77. The standard InChI is InChI=1S/C11H12BrCl2NO/c1-16-7-4-6(5-7)15-9-3-2-8(12)10(13)11(9)14/h2-3,6-7,15H,4-5H2,1H3. The first kappa shape index (κ1) is 12.5. The van der Waals surface area contributed by atoms with Gasteiger partial charge in [-0.15, -0.1) is 0 Å². The van der Waals surface area contributed by atoms with Crippen molar-refractivity contribution in [3.8, 4) is 0 Å². The molecule has 16 heavy (non-hydrogen) atoms. The summed E-state index contributed by atoms with van der Waals surface area (Å²) in [7, 11) is 1.74. The molecule has 0 aliphatic heterocycles. The molecule has 0 spiro atoms. The average molecular weight is 325 g/mol. The molecule has 0 heterocycles. The Morgan fingerprint density at radius 2 is 2.00 bits per heavy atom. The number of ether oxygens (including phenoxy) is 1. The minimum atomic E-state index is 0.377. The van der Waals surface area contributed by atoms with Crippen LogP contribution in [0.1, 0.15) is 12.8 Å². The fourth-order valence-electron chi connectivity index (χ4n) is 1.73. The number of methoxy groups -OCH3 is 1. The van der Waals surface area contributed by atoms with Gasteiger partial charge in [0.05, 0.1) is 21.8 Å². The van der Waals surface area contributed by atoms with Gasteiger partial charge in [-0.3, -0.25) is 0 Å². The van der Waals surface area contributed by atoms with E-state index >= 15 is 0 Å². The fraction of sp³-hybridized carbons (Fsp3) is 0.455. The Morgan fingerprint density at radius 3 is 2.62 bits per heavy atom. The monoisotopic (exact) mass is 323 g/mol. The maximum Gasteiger partial charge on any atom is 0.0835 e. The van der Waals surface area contributed by atoms with E-state index in [2.05, 4.69) is 21.2 Å². The van der Waals surface area contributed by atoms with Crippen LogP contribution in [0.2, 0.25) is 10.0 Å². The molecule has 1 N–H and O–H groups in total. The molecule has 1 aromatic rings. The van der Waals surface area contributed by atoms with Crippen LogP contribution >= 0.6 is 39.1 Å². The highest BCUT2D eigenvalue weighted by Gasteiger charge is 2.29. The summed E-state index contributed by atoms with van der Waals surface area (Å²) < 4.78 is 6.03. The van der Waals surface area contributed by atoms with E-state index in [4.69, 9.17) is 27.9 Å². The van der Waals surface area contributed by atoms with Gasteiger partial charge in [-0.05, 0) is 40.9 Å². The molecule has 2 rings (SSSR count). The third kappa shape index (κ3) is 2.48. The van der Waals surface area contributed by atoms with E-state index in [0.29, 0.717) is 22.2 Å². The third-order valence-corrected chi connectivity index (χ3v) is 4.59. The van der Waals surface area contributed by atoms with Crippen LogP contribution in [0, 0.1) is 0 Å². The summed E-state index contributed by atoms with van der Waals surface area (Å²) >= 11 is 15.5. The van der Waals surface area contributed by atoms with E-state index in [1.807, 2.05) is 12.1 Å². The molecule has 0 bridgehead atoms. The predicted molar refractivity (Wildman–Crippen MR) is 71.6 cm³/mol. The van der Waals surface area contributed by atoms with E-state index in [-0.39, 0.29) is 0 Å². The number of anilines is 1. The van der Waals surface area contributed by atoms with Crippen molar-refractivity contribution in [2.75, 3.05) is 12.4 Å². The lowest BCUT2D eigenvalue weighted by atomic mass is 9.89. The molecule has 5 heteroatoms. The largest absolute Gasteiger partial charge is 0.381 e. The normalized spacial score (nSPS) is 24.0. The van der Waals surface area contributed by atoms with Crippen LogP contribution in [-0.2, 0) is 4.74 Å². The molecule has 0 aromatic heterocycles. The van der Waals surface area contributed by atoms with Crippen LogP contribution in [0.15, 0.2) is 16.6 Å². The van der Waals surface area contributed by atoms with Gasteiger partial charge in [-0.2, -0.15) is 0 Å². The molecule has 1 saturated carbocycles. The van der Waals surface area contributed by atoms with Crippen LogP contribution in [0.3, 0.4) is 0 Å². The van der Waals surface area contributed by atoms with E-state index in [0.717, 1.165) is 23.0 Å². The van der Waals surface area contributed by atoms with E-state index in [1.165, 1.54) is 0 Å². The predicted octanol–water partition coefficient (Wildman–Crippen LogP) is 4.35. The van der Waals surface area contributed by atoms with E-state index in [9.17, 15) is 0 Å². The van der Waals surface area contributed by atoms with Crippen molar-refractivity contribution >= 4 is 44.8 Å². The van der Waals surface area contributed by atoms with Gasteiger partial charge in [-0.25, -0.2) is 0 Å². The zero-order valence-corrected chi connectivity index (χ0v) is 11.9. The number of benzene rings is 1. The first-order chi connectivity index (χ1) is 7.61. The van der Waals surface area contributed by atoms with Crippen LogP contribution < -0.4 is 5.32 Å². The molecule has 88 valence electrons. The summed E-state index contributed by atoms with van der Waals surface area (Å²) in [5, 5.41) is 4.48. The molecule has 2 nitrogen and oxygen atoms in total. The number of nitrogens with one attached hydrogen (secondary N) is 1. The summed E-state index contributed by atoms with van der Waals surface area (Å²) in [4.78, 5) is 0. The first-order valence-electron chi connectivity index (χ1n) is 5.04. The van der Waals surface area contributed by atoms with Crippen molar-refractivity contribution in [1.82, 2.24) is 0 Å². The van der Waals surface area contributed by atoms with E-state index in [1.54, 1.807) is 7.11 Å². The molecule has 0 saturated heterocycles. The second-order valence-corrected chi connectivity index (χ2v) is 5.50. The highest BCUT2D eigenvalue weighted by Crippen LogP contribution is 2.37. The third-order valence-electron chi connectivity index (χ3n) is 2.82. The molecule has 0 amide bonds. The highest BCUT2D eigenvalue weighted by atomic mass is 79.9. The van der Waals surface area contributed by atoms with Gasteiger partial charge in [0, 0.05) is 17.6 Å². The molecule has 1 fully saturated rings. The number of rotatable bonds is 3. The lowest BCUT2D eigenvalue weighted by Gasteiger charge is -2.35. The Hall–Kier alpha value is 0.0400. The summed E-state index contributed by atoms with van der Waals surface area (Å²) in [5.41, 5.74) is 0.884. The van der Waals surface area contributed by atoms with Gasteiger partial charge in [0.15, 0.2) is 0 Å². The average Bonchev–Trinajstić information content (AvgIpc) is 2.22. The van der Waals surface area contributed by atoms with Crippen molar-refractivity contribution in [2.24, 2.45) is 0 Å². The van der Waals surface area contributed by atoms with Gasteiger partial charge in [-0.1, -0.05) is 23.2 Å². The lowest BCUT2D eigenvalue weighted by molar-refractivity contribution is 0.0329. The minimum absolute atomic E-state index is 0.377. The van der Waals surface area contributed by atoms with Crippen molar-refractivity contribution in [3.63, 3.8) is 0 Å². The summed E-state index contributed by atoms with van der Waals surface area (Å²) in [6.07, 6.45) is 2.41. The first-order valence-corrected chi connectivity index (χ1v) is 6.59. The fourth-order valence-corrected chi connectivity index (χ4v) is 2.56. The molecule has 0 unspecified atom stereocenters. The number of halogens is 3. The van der Waals surface area contributed by atoms with Crippen molar-refractivity contribution < 1.29 is 4.74 Å². The molecular formula is C11H12BrCl2NO. The SMILES string of the molecule is COC1CC(Nc2ccc(Br)c(Cl)c2Cl)C1. The zero-order chi connectivity index (χ0) is 11.7. The molecule has 0 radical (unpaired) electrons. The molecule has 1 aliphatic carbocycles. The number of hydrogen-bond acceptors (Lipinski definition) is 2. The molecular weight excluding hydrogens is 313 g/mol. The van der Waals surface area contributed by atoms with Crippen LogP contribution in [0.4, 0.5) is 5.69 Å². The van der Waals surface area contributed by atoms with Gasteiger partial charge < -0.3 is 10.1 Å². The summed E-state index contributed by atoms with van der Waals surface area (Å²) in [6, 6.07) is 4.25. The lowest BCUT2D eigenvalue weighted by Crippen LogP contribution is -2.40. The Kier molecular flexibility index (Phi) is 4.01. The van der Waals surface area contributed by atoms with Crippen LogP contribution in [0.25, 0.3) is 0 Å². The highest BCUT2D eigenvalue weighted by molar-refractivity contribution is 9.10. The molecule has 1 aliphatic rings. The van der Waals surface area contributed by atoms with Crippen LogP contribution in [-0.4, -0.2) is 19.3 Å². The topological polar surface area (TPSA) is 21.3 Å². The maximum atomic E-state index is 6.14. The Balaban J connectivity index is 2.03. The number of hydrogen-bond donors (Lipinski definition) is 1. The Morgan fingerprint density at radius 1 is 1.31 bits per heavy atom. The Bertz CT molecular complexity index is 394. The van der Waals surface area contributed by atoms with Crippen LogP contribution in [0.5, 0.6) is 0 Å². The van der Waals surface area contributed by atoms with Crippen molar-refractivity contribution in [3.05, 3.63) is 26.7 Å². The quantitative estimate of drug-likeness (QED) is 0.835. The van der Waals surface area contributed by atoms with E-state index < -0.39 is 0 Å². The second kappa shape index (κ2) is 5.13. The van der Waals surface area contributed by atoms with Gasteiger partial charge in [0.25, 0.3) is 0 Å². The molecule has 1 aromatic carbocycles.